The van der Waals surface area contributed by atoms with Crippen molar-refractivity contribution in [2.75, 3.05) is 5.32 Å². The summed E-state index contributed by atoms with van der Waals surface area (Å²) in [5.74, 6) is 0.101. The van der Waals surface area contributed by atoms with Gasteiger partial charge in [-0.15, -0.1) is 0 Å². The quantitative estimate of drug-likeness (QED) is 0.806. The second-order valence-electron chi connectivity index (χ2n) is 6.01. The predicted molar refractivity (Wildman–Crippen MR) is 98.8 cm³/mol. The molecule has 0 aliphatic rings. The van der Waals surface area contributed by atoms with E-state index in [0.29, 0.717) is 17.4 Å². The number of benzene rings is 2. The van der Waals surface area contributed by atoms with Gasteiger partial charge in [-0.25, -0.2) is 0 Å². The summed E-state index contributed by atoms with van der Waals surface area (Å²) in [6.07, 6.45) is 0.263. The van der Waals surface area contributed by atoms with Gasteiger partial charge in [-0.3, -0.25) is 9.59 Å². The van der Waals surface area contributed by atoms with Crippen molar-refractivity contribution in [2.45, 2.75) is 39.2 Å². The number of rotatable bonds is 7. The summed E-state index contributed by atoms with van der Waals surface area (Å²) >= 11 is 0. The van der Waals surface area contributed by atoms with E-state index in [4.69, 9.17) is 10.5 Å². The zero-order valence-corrected chi connectivity index (χ0v) is 14.8. The maximum Gasteiger partial charge on any atom is 0.265 e. The molecule has 2 unspecified atom stereocenters. The Morgan fingerprint density at radius 2 is 1.72 bits per heavy atom. The van der Waals surface area contributed by atoms with E-state index in [1.165, 1.54) is 0 Å². The minimum absolute atomic E-state index is 0.267. The van der Waals surface area contributed by atoms with Crippen molar-refractivity contribution in [3.63, 3.8) is 0 Å². The Bertz CT molecular complexity index is 758. The molecule has 0 saturated carbocycles. The Balaban J connectivity index is 2.13. The number of ether oxygens (including phenoxy) is 1. The van der Waals surface area contributed by atoms with E-state index in [9.17, 15) is 9.59 Å². The molecule has 2 rings (SSSR count). The lowest BCUT2D eigenvalue weighted by atomic mass is 9.98. The standard InChI is InChI=1S/C20H24N2O3/c1-4-13(2)15-9-6-8-12-18(15)25-14(3)20(24)22-17-11-7-5-10-16(17)19(21)23/h5-14H,4H2,1-3H3,(H2,21,23)(H,22,24). The zero-order valence-electron chi connectivity index (χ0n) is 14.8. The molecular weight excluding hydrogens is 316 g/mol. The second kappa shape index (κ2) is 8.33. The van der Waals surface area contributed by atoms with E-state index < -0.39 is 12.0 Å². The van der Waals surface area contributed by atoms with Crippen molar-refractivity contribution >= 4 is 17.5 Å². The fourth-order valence-corrected chi connectivity index (χ4v) is 2.50. The van der Waals surface area contributed by atoms with E-state index in [2.05, 4.69) is 19.2 Å². The van der Waals surface area contributed by atoms with Crippen molar-refractivity contribution in [3.8, 4) is 5.75 Å². The Morgan fingerprint density at radius 1 is 1.08 bits per heavy atom. The fraction of sp³-hybridized carbons (Fsp3) is 0.300. The van der Waals surface area contributed by atoms with Crippen molar-refractivity contribution < 1.29 is 14.3 Å². The van der Waals surface area contributed by atoms with Crippen molar-refractivity contribution in [2.24, 2.45) is 5.73 Å². The van der Waals surface area contributed by atoms with E-state index in [-0.39, 0.29) is 11.5 Å². The summed E-state index contributed by atoms with van der Waals surface area (Å²) in [7, 11) is 0. The normalized spacial score (nSPS) is 12.9. The number of nitrogens with one attached hydrogen (secondary N) is 1. The summed E-state index contributed by atoms with van der Waals surface area (Å²) in [4.78, 5) is 23.9. The largest absolute Gasteiger partial charge is 0.481 e. The van der Waals surface area contributed by atoms with Crippen LogP contribution < -0.4 is 15.8 Å². The zero-order chi connectivity index (χ0) is 18.4. The maximum absolute atomic E-state index is 12.5. The molecule has 0 aromatic heterocycles. The number of hydrogen-bond acceptors (Lipinski definition) is 3. The van der Waals surface area contributed by atoms with E-state index in [1.807, 2.05) is 24.3 Å². The average Bonchev–Trinajstić information content (AvgIpc) is 2.61. The highest BCUT2D eigenvalue weighted by molar-refractivity contribution is 6.03. The Morgan fingerprint density at radius 3 is 2.40 bits per heavy atom. The molecule has 25 heavy (non-hydrogen) atoms. The van der Waals surface area contributed by atoms with Crippen molar-refractivity contribution in [3.05, 3.63) is 59.7 Å². The molecule has 0 saturated heterocycles. The summed E-state index contributed by atoms with van der Waals surface area (Å²) < 4.78 is 5.87. The highest BCUT2D eigenvalue weighted by Gasteiger charge is 2.19. The topological polar surface area (TPSA) is 81.4 Å². The molecule has 0 radical (unpaired) electrons. The van der Waals surface area contributed by atoms with Gasteiger partial charge in [0.2, 0.25) is 0 Å². The lowest BCUT2D eigenvalue weighted by Crippen LogP contribution is -2.31. The van der Waals surface area contributed by atoms with Gasteiger partial charge in [-0.05, 0) is 43.0 Å². The van der Waals surface area contributed by atoms with Crippen LogP contribution in [0.3, 0.4) is 0 Å². The van der Waals surface area contributed by atoms with Gasteiger partial charge < -0.3 is 15.8 Å². The number of para-hydroxylation sites is 2. The SMILES string of the molecule is CCC(C)c1ccccc1OC(C)C(=O)Nc1ccccc1C(N)=O. The summed E-state index contributed by atoms with van der Waals surface area (Å²) in [5.41, 5.74) is 7.06. The van der Waals surface area contributed by atoms with Crippen molar-refractivity contribution in [1.29, 1.82) is 0 Å². The Hall–Kier alpha value is -2.82. The van der Waals surface area contributed by atoms with E-state index in [0.717, 1.165) is 12.0 Å². The molecule has 2 atom stereocenters. The van der Waals surface area contributed by atoms with Gasteiger partial charge in [0.15, 0.2) is 6.10 Å². The summed E-state index contributed by atoms with van der Waals surface area (Å²) in [5, 5.41) is 2.71. The first-order chi connectivity index (χ1) is 11.9. The average molecular weight is 340 g/mol. The Labute approximate surface area is 148 Å². The number of carbonyl (C=O) groups is 2. The molecule has 0 fully saturated rings. The first-order valence-corrected chi connectivity index (χ1v) is 8.39. The molecule has 0 aliphatic carbocycles. The van der Waals surface area contributed by atoms with Gasteiger partial charge in [0.1, 0.15) is 5.75 Å². The van der Waals surface area contributed by atoms with E-state index >= 15 is 0 Å². The molecule has 132 valence electrons. The van der Waals surface area contributed by atoms with Crippen LogP contribution in [0.1, 0.15) is 49.0 Å². The van der Waals surface area contributed by atoms with Gasteiger partial charge in [0.05, 0.1) is 11.3 Å². The summed E-state index contributed by atoms with van der Waals surface area (Å²) in [6, 6.07) is 14.3. The molecule has 2 aromatic carbocycles. The second-order valence-corrected chi connectivity index (χ2v) is 6.01. The van der Waals surface area contributed by atoms with Crippen LogP contribution in [0.15, 0.2) is 48.5 Å². The number of primary amides is 1. The fourth-order valence-electron chi connectivity index (χ4n) is 2.50. The molecule has 0 spiro atoms. The molecule has 0 bridgehead atoms. The monoisotopic (exact) mass is 340 g/mol. The number of carbonyl (C=O) groups excluding carboxylic acids is 2. The molecule has 5 nitrogen and oxygen atoms in total. The van der Waals surface area contributed by atoms with Gasteiger partial charge >= 0.3 is 0 Å². The number of hydrogen-bond donors (Lipinski definition) is 2. The van der Waals surface area contributed by atoms with Crippen LogP contribution >= 0.6 is 0 Å². The van der Waals surface area contributed by atoms with E-state index in [1.54, 1.807) is 31.2 Å². The van der Waals surface area contributed by atoms with Crippen LogP contribution in [-0.2, 0) is 4.79 Å². The lowest BCUT2D eigenvalue weighted by Gasteiger charge is -2.20. The molecule has 2 amide bonds. The van der Waals surface area contributed by atoms with Crippen LogP contribution in [0.5, 0.6) is 5.75 Å². The van der Waals surface area contributed by atoms with Gasteiger partial charge in [0.25, 0.3) is 11.8 Å². The molecule has 0 heterocycles. The molecule has 5 heteroatoms. The third-order valence-electron chi connectivity index (χ3n) is 4.19. The van der Waals surface area contributed by atoms with Gasteiger partial charge in [-0.1, -0.05) is 44.2 Å². The highest BCUT2D eigenvalue weighted by atomic mass is 16.5. The predicted octanol–water partition coefficient (Wildman–Crippen LogP) is 3.71. The van der Waals surface area contributed by atoms with Crippen molar-refractivity contribution in [1.82, 2.24) is 0 Å². The van der Waals surface area contributed by atoms with Crippen LogP contribution in [0.2, 0.25) is 0 Å². The first-order valence-electron chi connectivity index (χ1n) is 8.39. The van der Waals surface area contributed by atoms with Crippen LogP contribution in [0.25, 0.3) is 0 Å². The number of nitrogens with two attached hydrogens (primary N) is 1. The molecular formula is C20H24N2O3. The highest BCUT2D eigenvalue weighted by Crippen LogP contribution is 2.29. The maximum atomic E-state index is 12.5. The van der Waals surface area contributed by atoms with Crippen LogP contribution in [0.4, 0.5) is 5.69 Å². The summed E-state index contributed by atoms with van der Waals surface area (Å²) in [6.45, 7) is 5.91. The van der Waals surface area contributed by atoms with Crippen LogP contribution in [0, 0.1) is 0 Å². The van der Waals surface area contributed by atoms with Crippen LogP contribution in [-0.4, -0.2) is 17.9 Å². The minimum Gasteiger partial charge on any atom is -0.481 e. The lowest BCUT2D eigenvalue weighted by molar-refractivity contribution is -0.122. The number of amides is 2. The first kappa shape index (κ1) is 18.5. The van der Waals surface area contributed by atoms with Gasteiger partial charge in [-0.2, -0.15) is 0 Å². The smallest absolute Gasteiger partial charge is 0.265 e. The molecule has 0 aliphatic heterocycles. The third-order valence-corrected chi connectivity index (χ3v) is 4.19. The molecule has 3 N–H and O–H groups in total. The third kappa shape index (κ3) is 4.59. The Kier molecular flexibility index (Phi) is 6.17. The van der Waals surface area contributed by atoms with Gasteiger partial charge in [0, 0.05) is 0 Å². The molecule has 2 aromatic rings. The number of anilines is 1. The minimum atomic E-state index is -0.717.